The monoisotopic (exact) mass is 388 g/mol. The van der Waals surface area contributed by atoms with Gasteiger partial charge in [0.2, 0.25) is 0 Å². The summed E-state index contributed by atoms with van der Waals surface area (Å²) < 4.78 is 13.5. The minimum atomic E-state index is -0.819. The highest BCUT2D eigenvalue weighted by atomic mass is 16.5. The minimum absolute atomic E-state index is 0.0264. The number of aromatic nitrogens is 2. The van der Waals surface area contributed by atoms with Crippen molar-refractivity contribution in [1.29, 1.82) is 0 Å². The second-order valence-corrected chi connectivity index (χ2v) is 7.21. The molecule has 1 aliphatic rings. The molecule has 0 radical (unpaired) electrons. The van der Waals surface area contributed by atoms with Gasteiger partial charge in [-0.25, -0.2) is 4.98 Å². The van der Waals surface area contributed by atoms with Gasteiger partial charge in [-0.05, 0) is 24.7 Å². The Balaban J connectivity index is 1.46. The normalized spacial score (nSPS) is 17.8. The van der Waals surface area contributed by atoms with E-state index in [-0.39, 0.29) is 12.6 Å². The molecule has 1 aromatic carbocycles. The van der Waals surface area contributed by atoms with Gasteiger partial charge in [-0.3, -0.25) is 14.6 Å². The topological polar surface area (TPSA) is 80.1 Å². The molecule has 0 amide bonds. The summed E-state index contributed by atoms with van der Waals surface area (Å²) in [4.78, 5) is 19.2. The minimum Gasteiger partial charge on any atom is -0.486 e. The second kappa shape index (κ2) is 9.68. The third kappa shape index (κ3) is 6.05. The Kier molecular flexibility index (Phi) is 7.02. The summed E-state index contributed by atoms with van der Waals surface area (Å²) >= 11 is 0. The summed E-state index contributed by atoms with van der Waals surface area (Å²) in [5, 5.41) is 8.88. The Morgan fingerprint density at radius 3 is 2.86 bits per heavy atom. The van der Waals surface area contributed by atoms with Gasteiger partial charge in [0, 0.05) is 45.6 Å². The third-order valence-electron chi connectivity index (χ3n) is 4.76. The summed E-state index contributed by atoms with van der Waals surface area (Å²) in [5.41, 5.74) is 1.21. The van der Waals surface area contributed by atoms with Crippen LogP contribution in [0.2, 0.25) is 0 Å². The molecular formula is C20H28N4O4. The number of carboxylic acids is 1. The van der Waals surface area contributed by atoms with Crippen LogP contribution in [0.5, 0.6) is 5.75 Å². The van der Waals surface area contributed by atoms with Crippen LogP contribution < -0.4 is 4.74 Å². The zero-order valence-corrected chi connectivity index (χ0v) is 16.5. The van der Waals surface area contributed by atoms with Crippen molar-refractivity contribution in [2.24, 2.45) is 7.05 Å². The number of aliphatic carboxylic acids is 1. The summed E-state index contributed by atoms with van der Waals surface area (Å²) in [6.07, 6.45) is 3.69. The lowest BCUT2D eigenvalue weighted by Crippen LogP contribution is -2.47. The van der Waals surface area contributed by atoms with Crippen molar-refractivity contribution >= 4 is 5.97 Å². The lowest BCUT2D eigenvalue weighted by Gasteiger charge is -2.34. The van der Waals surface area contributed by atoms with Gasteiger partial charge in [0.05, 0.1) is 19.3 Å². The van der Waals surface area contributed by atoms with E-state index in [0.29, 0.717) is 19.8 Å². The molecule has 152 valence electrons. The molecule has 1 atom stereocenters. The molecule has 8 nitrogen and oxygen atoms in total. The van der Waals surface area contributed by atoms with Gasteiger partial charge in [0.1, 0.15) is 18.2 Å². The predicted octanol–water partition coefficient (Wildman–Crippen LogP) is 1.22. The van der Waals surface area contributed by atoms with Gasteiger partial charge in [0.25, 0.3) is 0 Å². The van der Waals surface area contributed by atoms with Gasteiger partial charge in [-0.15, -0.1) is 0 Å². The molecule has 1 saturated heterocycles. The lowest BCUT2D eigenvalue weighted by molar-refractivity contribution is -0.138. The average molecular weight is 388 g/mol. The van der Waals surface area contributed by atoms with Crippen molar-refractivity contribution in [2.45, 2.75) is 19.3 Å². The smallest absolute Gasteiger partial charge is 0.317 e. The number of hydrogen-bond acceptors (Lipinski definition) is 6. The average Bonchev–Trinajstić information content (AvgIpc) is 3.06. The van der Waals surface area contributed by atoms with E-state index in [0.717, 1.165) is 31.2 Å². The van der Waals surface area contributed by atoms with Gasteiger partial charge >= 0.3 is 5.97 Å². The Hall–Kier alpha value is -2.42. The van der Waals surface area contributed by atoms with E-state index < -0.39 is 5.97 Å². The number of nitrogens with zero attached hydrogens (tertiary/aromatic N) is 4. The molecule has 1 aliphatic heterocycles. The number of morpholine rings is 1. The molecule has 1 N–H and O–H groups in total. The molecule has 8 heteroatoms. The van der Waals surface area contributed by atoms with Crippen LogP contribution in [0.4, 0.5) is 0 Å². The van der Waals surface area contributed by atoms with Crippen LogP contribution in [0.15, 0.2) is 36.7 Å². The largest absolute Gasteiger partial charge is 0.486 e. The highest BCUT2D eigenvalue weighted by molar-refractivity contribution is 5.69. The van der Waals surface area contributed by atoms with Gasteiger partial charge in [-0.2, -0.15) is 0 Å². The number of hydrogen-bond donors (Lipinski definition) is 1. The number of rotatable bonds is 9. The van der Waals surface area contributed by atoms with E-state index in [1.54, 1.807) is 18.1 Å². The standard InChI is InChI=1S/C20H28N4O4/c1-22(14-20(25)26)12-18-13-24(9-10-27-18)11-16-3-5-17(6-4-16)28-15-19-21-7-8-23(19)2/h3-8,18H,9-15H2,1-2H3,(H,25,26). The molecule has 2 heterocycles. The number of imidazole rings is 1. The molecule has 2 aromatic rings. The molecule has 0 bridgehead atoms. The van der Waals surface area contributed by atoms with E-state index >= 15 is 0 Å². The maximum atomic E-state index is 10.8. The molecule has 0 aliphatic carbocycles. The van der Waals surface area contributed by atoms with Crippen molar-refractivity contribution in [3.05, 3.63) is 48.0 Å². The van der Waals surface area contributed by atoms with Crippen molar-refractivity contribution in [3.8, 4) is 5.75 Å². The first-order valence-corrected chi connectivity index (χ1v) is 9.42. The molecule has 0 saturated carbocycles. The summed E-state index contributed by atoms with van der Waals surface area (Å²) in [6, 6.07) is 8.12. The maximum Gasteiger partial charge on any atom is 0.317 e. The van der Waals surface area contributed by atoms with Crippen LogP contribution in [-0.2, 0) is 29.7 Å². The molecule has 1 unspecified atom stereocenters. The van der Waals surface area contributed by atoms with Crippen LogP contribution in [0.25, 0.3) is 0 Å². The predicted molar refractivity (Wildman–Crippen MR) is 104 cm³/mol. The summed E-state index contributed by atoms with van der Waals surface area (Å²) in [7, 11) is 3.75. The van der Waals surface area contributed by atoms with Crippen molar-refractivity contribution in [3.63, 3.8) is 0 Å². The Morgan fingerprint density at radius 1 is 1.39 bits per heavy atom. The Morgan fingerprint density at radius 2 is 2.18 bits per heavy atom. The first-order valence-electron chi connectivity index (χ1n) is 9.42. The lowest BCUT2D eigenvalue weighted by atomic mass is 10.1. The van der Waals surface area contributed by atoms with Gasteiger partial charge in [-0.1, -0.05) is 12.1 Å². The fourth-order valence-electron chi connectivity index (χ4n) is 3.31. The van der Waals surface area contributed by atoms with Crippen molar-refractivity contribution < 1.29 is 19.4 Å². The summed E-state index contributed by atoms with van der Waals surface area (Å²) in [5.74, 6) is 0.888. The SMILES string of the molecule is CN(CC(=O)O)CC1CN(Cc2ccc(OCc3nccn3C)cc2)CCO1. The first-order chi connectivity index (χ1) is 13.5. The fourth-order valence-corrected chi connectivity index (χ4v) is 3.31. The van der Waals surface area contributed by atoms with E-state index in [9.17, 15) is 4.79 Å². The summed E-state index contributed by atoms with van der Waals surface area (Å²) in [6.45, 7) is 4.25. The van der Waals surface area contributed by atoms with Gasteiger partial charge < -0.3 is 19.1 Å². The third-order valence-corrected chi connectivity index (χ3v) is 4.76. The zero-order valence-electron chi connectivity index (χ0n) is 16.5. The van der Waals surface area contributed by atoms with E-state index in [4.69, 9.17) is 14.6 Å². The van der Waals surface area contributed by atoms with E-state index in [1.165, 1.54) is 5.56 Å². The quantitative estimate of drug-likeness (QED) is 0.692. The van der Waals surface area contributed by atoms with Crippen LogP contribution in [-0.4, -0.2) is 76.4 Å². The van der Waals surface area contributed by atoms with E-state index in [1.807, 2.05) is 29.9 Å². The van der Waals surface area contributed by atoms with Crippen LogP contribution in [0.1, 0.15) is 11.4 Å². The molecule has 0 spiro atoms. The number of ether oxygens (including phenoxy) is 2. The Bertz CT molecular complexity index is 762. The van der Waals surface area contributed by atoms with Gasteiger partial charge in [0.15, 0.2) is 0 Å². The molecule has 1 aromatic heterocycles. The van der Waals surface area contributed by atoms with Crippen molar-refractivity contribution in [2.75, 3.05) is 39.8 Å². The number of carboxylic acid groups (broad SMARTS) is 1. The highest BCUT2D eigenvalue weighted by Gasteiger charge is 2.22. The highest BCUT2D eigenvalue weighted by Crippen LogP contribution is 2.16. The van der Waals surface area contributed by atoms with Crippen LogP contribution >= 0.6 is 0 Å². The fraction of sp³-hybridized carbons (Fsp3) is 0.500. The maximum absolute atomic E-state index is 10.8. The van der Waals surface area contributed by atoms with Crippen LogP contribution in [0.3, 0.4) is 0 Å². The molecule has 3 rings (SSSR count). The second-order valence-electron chi connectivity index (χ2n) is 7.21. The molecule has 1 fully saturated rings. The van der Waals surface area contributed by atoms with Crippen molar-refractivity contribution in [1.82, 2.24) is 19.4 Å². The molecular weight excluding hydrogens is 360 g/mol. The number of benzene rings is 1. The number of likely N-dealkylation sites (N-methyl/N-ethyl adjacent to an activating group) is 1. The molecule has 28 heavy (non-hydrogen) atoms. The number of carbonyl (C=O) groups is 1. The zero-order chi connectivity index (χ0) is 19.9. The van der Waals surface area contributed by atoms with Crippen LogP contribution in [0, 0.1) is 0 Å². The number of aryl methyl sites for hydroxylation is 1. The Labute approximate surface area is 165 Å². The first kappa shape index (κ1) is 20.3. The van der Waals surface area contributed by atoms with E-state index in [2.05, 4.69) is 22.0 Å².